The van der Waals surface area contributed by atoms with Crippen molar-refractivity contribution in [2.45, 2.75) is 51.4 Å². The summed E-state index contributed by atoms with van der Waals surface area (Å²) in [6.45, 7) is 7.14. The zero-order chi connectivity index (χ0) is 17.3. The number of hydrogen-bond donors (Lipinski definition) is 0. The van der Waals surface area contributed by atoms with Crippen LogP contribution in [-0.2, 0) is 14.9 Å². The van der Waals surface area contributed by atoms with Crippen LogP contribution >= 0.6 is 12.4 Å². The van der Waals surface area contributed by atoms with Crippen molar-refractivity contribution in [2.24, 2.45) is 0 Å². The number of hydrogen-bond acceptors (Lipinski definition) is 3. The minimum absolute atomic E-state index is 0. The fourth-order valence-corrected chi connectivity index (χ4v) is 3.43. The van der Waals surface area contributed by atoms with E-state index in [1.807, 2.05) is 18.2 Å². The van der Waals surface area contributed by atoms with Gasteiger partial charge < -0.3 is 4.74 Å². The first kappa shape index (κ1) is 21.5. The molecule has 0 aromatic heterocycles. The monoisotopic (exact) mass is 363 g/mol. The summed E-state index contributed by atoms with van der Waals surface area (Å²) in [5.74, 6) is 5.98. The number of carbonyl (C=O) groups excluding carboxylic acids is 1. The molecule has 0 heterocycles. The number of halogens is 1. The van der Waals surface area contributed by atoms with Crippen molar-refractivity contribution in [1.82, 2.24) is 4.90 Å². The quantitative estimate of drug-likeness (QED) is 0.560. The van der Waals surface area contributed by atoms with E-state index in [4.69, 9.17) is 4.74 Å². The van der Waals surface area contributed by atoms with Gasteiger partial charge in [0.05, 0.1) is 12.0 Å². The van der Waals surface area contributed by atoms with Crippen LogP contribution in [0.2, 0.25) is 0 Å². The van der Waals surface area contributed by atoms with Crippen molar-refractivity contribution < 1.29 is 9.53 Å². The maximum absolute atomic E-state index is 12.8. The predicted molar refractivity (Wildman–Crippen MR) is 105 cm³/mol. The topological polar surface area (TPSA) is 29.5 Å². The molecule has 1 saturated carbocycles. The Morgan fingerprint density at radius 3 is 2.32 bits per heavy atom. The Morgan fingerprint density at radius 1 is 1.08 bits per heavy atom. The summed E-state index contributed by atoms with van der Waals surface area (Å²) in [7, 11) is 0. The first-order chi connectivity index (χ1) is 11.7. The van der Waals surface area contributed by atoms with Crippen molar-refractivity contribution in [3.8, 4) is 11.8 Å². The van der Waals surface area contributed by atoms with Crippen LogP contribution in [0.25, 0.3) is 0 Å². The summed E-state index contributed by atoms with van der Waals surface area (Å²) in [5, 5.41) is 0. The van der Waals surface area contributed by atoms with Gasteiger partial charge in [-0.15, -0.1) is 12.4 Å². The lowest BCUT2D eigenvalue weighted by atomic mass is 9.69. The highest BCUT2D eigenvalue weighted by atomic mass is 35.5. The van der Waals surface area contributed by atoms with Gasteiger partial charge in [0.2, 0.25) is 0 Å². The van der Waals surface area contributed by atoms with E-state index in [1.165, 1.54) is 6.42 Å². The molecule has 0 radical (unpaired) electrons. The zero-order valence-corrected chi connectivity index (χ0v) is 16.2. The van der Waals surface area contributed by atoms with Crippen LogP contribution in [0.15, 0.2) is 30.3 Å². The molecule has 3 nitrogen and oxygen atoms in total. The molecule has 1 fully saturated rings. The second-order valence-electron chi connectivity index (χ2n) is 6.40. The SMILES string of the molecule is CCN(CC)CC#CCOC(=O)C1(c2ccccc2)CCCCC1.Cl. The summed E-state index contributed by atoms with van der Waals surface area (Å²) in [4.78, 5) is 15.1. The van der Waals surface area contributed by atoms with E-state index in [-0.39, 0.29) is 25.0 Å². The number of carbonyl (C=O) groups is 1. The van der Waals surface area contributed by atoms with Crippen molar-refractivity contribution >= 4 is 18.4 Å². The molecule has 0 spiro atoms. The maximum atomic E-state index is 12.8. The molecule has 1 aliphatic rings. The highest BCUT2D eigenvalue weighted by Gasteiger charge is 2.42. The molecule has 4 heteroatoms. The molecule has 1 aliphatic carbocycles. The van der Waals surface area contributed by atoms with Gasteiger partial charge >= 0.3 is 5.97 Å². The smallest absolute Gasteiger partial charge is 0.317 e. The average Bonchev–Trinajstić information content (AvgIpc) is 2.65. The van der Waals surface area contributed by atoms with E-state index >= 15 is 0 Å². The van der Waals surface area contributed by atoms with Gasteiger partial charge in [0.15, 0.2) is 6.61 Å². The molecule has 1 aromatic carbocycles. The fraction of sp³-hybridized carbons (Fsp3) is 0.571. The van der Waals surface area contributed by atoms with Gasteiger partial charge in [0.25, 0.3) is 0 Å². The third kappa shape index (κ3) is 5.76. The van der Waals surface area contributed by atoms with Crippen LogP contribution < -0.4 is 0 Å². The second kappa shape index (κ2) is 11.2. The van der Waals surface area contributed by atoms with Crippen LogP contribution in [0.1, 0.15) is 51.5 Å². The summed E-state index contributed by atoms with van der Waals surface area (Å²) in [5.41, 5.74) is 0.617. The Balaban J connectivity index is 0.00000312. The molecule has 2 rings (SSSR count). The van der Waals surface area contributed by atoms with Crippen LogP contribution in [-0.4, -0.2) is 37.1 Å². The zero-order valence-electron chi connectivity index (χ0n) is 15.4. The van der Waals surface area contributed by atoms with Crippen molar-refractivity contribution in [3.63, 3.8) is 0 Å². The lowest BCUT2D eigenvalue weighted by molar-refractivity contribution is -0.150. The lowest BCUT2D eigenvalue weighted by Crippen LogP contribution is -2.39. The van der Waals surface area contributed by atoms with Gasteiger partial charge in [-0.2, -0.15) is 0 Å². The number of rotatable bonds is 6. The molecule has 0 aliphatic heterocycles. The minimum atomic E-state index is -0.472. The average molecular weight is 364 g/mol. The number of nitrogens with zero attached hydrogens (tertiary/aromatic N) is 1. The largest absolute Gasteiger partial charge is 0.452 e. The highest BCUT2D eigenvalue weighted by molar-refractivity contribution is 5.85. The summed E-state index contributed by atoms with van der Waals surface area (Å²) in [6.07, 6.45) is 5.12. The van der Waals surface area contributed by atoms with Crippen molar-refractivity contribution in [1.29, 1.82) is 0 Å². The van der Waals surface area contributed by atoms with Gasteiger partial charge in [-0.3, -0.25) is 9.69 Å². The molecular formula is C21H30ClNO2. The molecule has 25 heavy (non-hydrogen) atoms. The molecule has 0 saturated heterocycles. The Hall–Kier alpha value is -1.50. The van der Waals surface area contributed by atoms with E-state index in [1.54, 1.807) is 0 Å². The van der Waals surface area contributed by atoms with E-state index in [0.717, 1.165) is 50.9 Å². The molecule has 0 atom stereocenters. The molecular weight excluding hydrogens is 334 g/mol. The van der Waals surface area contributed by atoms with Crippen LogP contribution in [0.5, 0.6) is 0 Å². The van der Waals surface area contributed by atoms with Gasteiger partial charge in [-0.1, -0.05) is 75.3 Å². The van der Waals surface area contributed by atoms with Gasteiger partial charge in [0.1, 0.15) is 0 Å². The van der Waals surface area contributed by atoms with Crippen LogP contribution in [0.3, 0.4) is 0 Å². The number of ether oxygens (including phenoxy) is 1. The van der Waals surface area contributed by atoms with Crippen molar-refractivity contribution in [3.05, 3.63) is 35.9 Å². The first-order valence-corrected chi connectivity index (χ1v) is 9.13. The van der Waals surface area contributed by atoms with Gasteiger partial charge in [-0.05, 0) is 31.5 Å². The number of esters is 1. The van der Waals surface area contributed by atoms with E-state index in [2.05, 4.69) is 42.7 Å². The molecule has 0 N–H and O–H groups in total. The molecule has 0 amide bonds. The van der Waals surface area contributed by atoms with E-state index < -0.39 is 5.41 Å². The second-order valence-corrected chi connectivity index (χ2v) is 6.40. The van der Waals surface area contributed by atoms with E-state index in [0.29, 0.717) is 0 Å². The molecule has 138 valence electrons. The van der Waals surface area contributed by atoms with Gasteiger partial charge in [0, 0.05) is 0 Å². The number of benzene rings is 1. The van der Waals surface area contributed by atoms with Crippen molar-refractivity contribution in [2.75, 3.05) is 26.2 Å². The molecule has 1 aromatic rings. The Bertz CT molecular complexity index is 567. The highest BCUT2D eigenvalue weighted by Crippen LogP contribution is 2.40. The Morgan fingerprint density at radius 2 is 1.72 bits per heavy atom. The Labute approximate surface area is 158 Å². The van der Waals surface area contributed by atoms with Crippen LogP contribution in [0.4, 0.5) is 0 Å². The molecule has 0 bridgehead atoms. The van der Waals surface area contributed by atoms with E-state index in [9.17, 15) is 4.79 Å². The van der Waals surface area contributed by atoms with Crippen LogP contribution in [0, 0.1) is 11.8 Å². The standard InChI is InChI=1S/C21H29NO2.ClH/c1-3-22(4-2)17-11-12-18-24-20(23)21(15-9-6-10-16-21)19-13-7-5-8-14-19;/h5,7-8,13-14H,3-4,6,9-10,15-18H2,1-2H3;1H. The normalized spacial score (nSPS) is 15.6. The fourth-order valence-electron chi connectivity index (χ4n) is 3.43. The maximum Gasteiger partial charge on any atom is 0.317 e. The lowest BCUT2D eigenvalue weighted by Gasteiger charge is -2.35. The van der Waals surface area contributed by atoms with Gasteiger partial charge in [-0.25, -0.2) is 0 Å². The molecule has 0 unspecified atom stereocenters. The third-order valence-electron chi connectivity index (χ3n) is 5.02. The predicted octanol–water partition coefficient (Wildman–Crippen LogP) is 4.20. The summed E-state index contributed by atoms with van der Waals surface area (Å²) in [6, 6.07) is 10.1. The third-order valence-corrected chi connectivity index (χ3v) is 5.02. The first-order valence-electron chi connectivity index (χ1n) is 9.13. The summed E-state index contributed by atoms with van der Waals surface area (Å²) < 4.78 is 5.56. The summed E-state index contributed by atoms with van der Waals surface area (Å²) >= 11 is 0. The minimum Gasteiger partial charge on any atom is -0.452 e. The Kier molecular flexibility index (Phi) is 9.63.